The number of thiophene rings is 1. The number of carboxylic acid groups (broad SMARTS) is 1. The summed E-state index contributed by atoms with van der Waals surface area (Å²) in [6.07, 6.45) is 0. The van der Waals surface area contributed by atoms with Crippen LogP contribution in [0.1, 0.15) is 9.67 Å². The lowest BCUT2D eigenvalue weighted by molar-refractivity contribution is 0.0703. The molecule has 6 heteroatoms. The molecule has 1 aromatic rings. The van der Waals surface area contributed by atoms with Gasteiger partial charge >= 0.3 is 5.97 Å². The van der Waals surface area contributed by atoms with Crippen LogP contribution in [0.25, 0.3) is 0 Å². The third kappa shape index (κ3) is 1.42. The van der Waals surface area contributed by atoms with Crippen molar-refractivity contribution in [1.29, 1.82) is 0 Å². The zero-order chi connectivity index (χ0) is 8.59. The molecule has 11 heavy (non-hydrogen) atoms. The lowest BCUT2D eigenvalue weighted by Gasteiger charge is -1.89. The highest BCUT2D eigenvalue weighted by Gasteiger charge is 2.17. The predicted molar refractivity (Wildman–Crippen MR) is 45.7 cm³/mol. The molecule has 1 heterocycles. The monoisotopic (exact) mass is 211 g/mol. The summed E-state index contributed by atoms with van der Waals surface area (Å²) in [7, 11) is 0. The maximum atomic E-state index is 10.4. The van der Waals surface area contributed by atoms with Gasteiger partial charge < -0.3 is 10.8 Å². The number of rotatable bonds is 1. The van der Waals surface area contributed by atoms with Gasteiger partial charge in [-0.1, -0.05) is 23.2 Å². The van der Waals surface area contributed by atoms with E-state index in [1.54, 1.807) is 0 Å². The number of nitrogen functional groups attached to an aromatic ring is 1. The minimum atomic E-state index is -1.11. The van der Waals surface area contributed by atoms with E-state index in [1.807, 2.05) is 0 Å². The van der Waals surface area contributed by atoms with Gasteiger partial charge in [-0.05, 0) is 0 Å². The maximum absolute atomic E-state index is 10.4. The highest BCUT2D eigenvalue weighted by atomic mass is 35.5. The molecular weight excluding hydrogens is 209 g/mol. The summed E-state index contributed by atoms with van der Waals surface area (Å²) in [4.78, 5) is 10.4. The summed E-state index contributed by atoms with van der Waals surface area (Å²) in [5, 5.41) is 8.64. The number of hydrogen-bond donors (Lipinski definition) is 2. The predicted octanol–water partition coefficient (Wildman–Crippen LogP) is 2.34. The Morgan fingerprint density at radius 3 is 2.27 bits per heavy atom. The molecule has 0 aliphatic carbocycles. The van der Waals surface area contributed by atoms with Crippen LogP contribution in [0.15, 0.2) is 0 Å². The average Bonchev–Trinajstić information content (AvgIpc) is 2.17. The summed E-state index contributed by atoms with van der Waals surface area (Å²) >= 11 is 11.9. The SMILES string of the molecule is Nc1c(C(=O)O)sc(Cl)c1Cl. The second-order valence-electron chi connectivity index (χ2n) is 1.74. The number of hydrogen-bond acceptors (Lipinski definition) is 3. The average molecular weight is 212 g/mol. The van der Waals surface area contributed by atoms with Crippen LogP contribution in [0.4, 0.5) is 5.69 Å². The van der Waals surface area contributed by atoms with Gasteiger partial charge in [0.15, 0.2) is 0 Å². The lowest BCUT2D eigenvalue weighted by Crippen LogP contribution is -1.96. The molecule has 0 amide bonds. The van der Waals surface area contributed by atoms with E-state index < -0.39 is 5.97 Å². The van der Waals surface area contributed by atoms with Gasteiger partial charge in [-0.2, -0.15) is 0 Å². The third-order valence-corrected chi connectivity index (χ3v) is 3.04. The zero-order valence-electron chi connectivity index (χ0n) is 5.10. The van der Waals surface area contributed by atoms with Crippen LogP contribution in [0.3, 0.4) is 0 Å². The Hall–Kier alpha value is -0.450. The molecule has 0 fully saturated rings. The van der Waals surface area contributed by atoms with Gasteiger partial charge in [0.1, 0.15) is 9.21 Å². The first-order valence-corrected chi connectivity index (χ1v) is 4.08. The second-order valence-corrected chi connectivity index (χ2v) is 3.74. The van der Waals surface area contributed by atoms with Crippen molar-refractivity contribution in [2.24, 2.45) is 0 Å². The molecule has 3 nitrogen and oxygen atoms in total. The first kappa shape index (κ1) is 8.64. The number of halogens is 2. The van der Waals surface area contributed by atoms with E-state index in [9.17, 15) is 4.79 Å². The Labute approximate surface area is 76.3 Å². The van der Waals surface area contributed by atoms with Crippen LogP contribution in [0.5, 0.6) is 0 Å². The van der Waals surface area contributed by atoms with Crippen LogP contribution >= 0.6 is 34.5 Å². The van der Waals surface area contributed by atoms with Crippen molar-refractivity contribution in [3.8, 4) is 0 Å². The zero-order valence-corrected chi connectivity index (χ0v) is 7.43. The van der Waals surface area contributed by atoms with Crippen molar-refractivity contribution in [2.45, 2.75) is 0 Å². The second kappa shape index (κ2) is 2.89. The minimum absolute atomic E-state index is 0.0139. The molecule has 0 atom stereocenters. The highest BCUT2D eigenvalue weighted by Crippen LogP contribution is 2.38. The van der Waals surface area contributed by atoms with E-state index in [4.69, 9.17) is 34.0 Å². The van der Waals surface area contributed by atoms with Gasteiger partial charge in [-0.25, -0.2) is 4.79 Å². The van der Waals surface area contributed by atoms with Crippen LogP contribution in [-0.4, -0.2) is 11.1 Å². The fraction of sp³-hybridized carbons (Fsp3) is 0. The standard InChI is InChI=1S/C5H3Cl2NO2S/c6-1-2(8)3(5(9)10)11-4(1)7/h8H2,(H,9,10). The quantitative estimate of drug-likeness (QED) is 0.750. The molecule has 0 unspecified atom stereocenters. The van der Waals surface area contributed by atoms with Crippen molar-refractivity contribution in [3.05, 3.63) is 14.2 Å². The molecular formula is C5H3Cl2NO2S. The third-order valence-electron chi connectivity index (χ3n) is 1.04. The Morgan fingerprint density at radius 2 is 2.09 bits per heavy atom. The van der Waals surface area contributed by atoms with E-state index in [0.717, 1.165) is 11.3 Å². The van der Waals surface area contributed by atoms with E-state index in [1.165, 1.54) is 0 Å². The fourth-order valence-corrected chi connectivity index (χ4v) is 1.83. The molecule has 60 valence electrons. The molecule has 0 aromatic carbocycles. The largest absolute Gasteiger partial charge is 0.477 e. The first-order chi connectivity index (χ1) is 5.04. The smallest absolute Gasteiger partial charge is 0.348 e. The van der Waals surface area contributed by atoms with Crippen LogP contribution in [0.2, 0.25) is 9.36 Å². The Morgan fingerprint density at radius 1 is 1.55 bits per heavy atom. The van der Waals surface area contributed by atoms with Gasteiger partial charge in [0.25, 0.3) is 0 Å². The molecule has 0 radical (unpaired) electrons. The molecule has 0 aliphatic heterocycles. The van der Waals surface area contributed by atoms with Crippen molar-refractivity contribution in [1.82, 2.24) is 0 Å². The Kier molecular flexibility index (Phi) is 2.27. The van der Waals surface area contributed by atoms with Gasteiger partial charge in [-0.15, -0.1) is 11.3 Å². The molecule has 0 saturated carbocycles. The number of aromatic carboxylic acids is 1. The van der Waals surface area contributed by atoms with Crippen LogP contribution in [0, 0.1) is 0 Å². The molecule has 0 spiro atoms. The first-order valence-electron chi connectivity index (χ1n) is 2.50. The van der Waals surface area contributed by atoms with Crippen molar-refractivity contribution in [3.63, 3.8) is 0 Å². The fourth-order valence-electron chi connectivity index (χ4n) is 0.554. The molecule has 3 N–H and O–H groups in total. The van der Waals surface area contributed by atoms with Gasteiger partial charge in [0.2, 0.25) is 0 Å². The van der Waals surface area contributed by atoms with Crippen molar-refractivity contribution < 1.29 is 9.90 Å². The Balaban J connectivity index is 3.29. The van der Waals surface area contributed by atoms with E-state index >= 15 is 0 Å². The van der Waals surface area contributed by atoms with Crippen molar-refractivity contribution >= 4 is 46.2 Å². The molecule has 1 aromatic heterocycles. The number of carbonyl (C=O) groups is 1. The maximum Gasteiger partial charge on any atom is 0.348 e. The summed E-state index contributed by atoms with van der Waals surface area (Å²) in [6.45, 7) is 0. The number of carboxylic acids is 1. The number of anilines is 1. The van der Waals surface area contributed by atoms with Gasteiger partial charge in [0.05, 0.1) is 10.7 Å². The van der Waals surface area contributed by atoms with Crippen LogP contribution in [-0.2, 0) is 0 Å². The molecule has 0 aliphatic rings. The van der Waals surface area contributed by atoms with Crippen LogP contribution < -0.4 is 5.73 Å². The summed E-state index contributed by atoms with van der Waals surface area (Å²) < 4.78 is 0.210. The van der Waals surface area contributed by atoms with E-state index in [0.29, 0.717) is 0 Å². The molecule has 0 bridgehead atoms. The Bertz CT molecular complexity index is 310. The topological polar surface area (TPSA) is 63.3 Å². The van der Waals surface area contributed by atoms with Gasteiger partial charge in [-0.3, -0.25) is 0 Å². The summed E-state index contributed by atoms with van der Waals surface area (Å²) in [5.41, 5.74) is 5.35. The number of nitrogens with two attached hydrogens (primary N) is 1. The minimum Gasteiger partial charge on any atom is -0.477 e. The highest BCUT2D eigenvalue weighted by molar-refractivity contribution is 7.19. The van der Waals surface area contributed by atoms with Gasteiger partial charge in [0, 0.05) is 0 Å². The lowest BCUT2D eigenvalue weighted by atomic mass is 10.4. The van der Waals surface area contributed by atoms with E-state index in [2.05, 4.69) is 0 Å². The summed E-state index contributed by atoms with van der Waals surface area (Å²) in [5.74, 6) is -1.11. The summed E-state index contributed by atoms with van der Waals surface area (Å²) in [6, 6.07) is 0. The van der Waals surface area contributed by atoms with Crippen molar-refractivity contribution in [2.75, 3.05) is 5.73 Å². The molecule has 1 rings (SSSR count). The normalized spacial score (nSPS) is 10.0. The molecule has 0 saturated heterocycles. The van der Waals surface area contributed by atoms with E-state index in [-0.39, 0.29) is 19.9 Å².